The zero-order chi connectivity index (χ0) is 23.0. The lowest BCUT2D eigenvalue weighted by Crippen LogP contribution is -2.45. The molecule has 3 N–H and O–H groups in total. The number of H-pyrrole nitrogens is 1. The minimum atomic E-state index is -1.43. The number of carboxylic acid groups (broad SMARTS) is 1. The van der Waals surface area contributed by atoms with Crippen molar-refractivity contribution < 1.29 is 19.4 Å². The van der Waals surface area contributed by atoms with E-state index in [0.29, 0.717) is 47.2 Å². The van der Waals surface area contributed by atoms with Crippen LogP contribution in [0.1, 0.15) is 29.0 Å². The zero-order valence-corrected chi connectivity index (χ0v) is 19.2. The predicted molar refractivity (Wildman–Crippen MR) is 124 cm³/mol. The van der Waals surface area contributed by atoms with Gasteiger partial charge in [0.2, 0.25) is 5.88 Å². The van der Waals surface area contributed by atoms with Crippen LogP contribution < -0.4 is 15.0 Å². The third-order valence-corrected chi connectivity index (χ3v) is 6.55. The molecular formula is C21H19Cl3N4O4. The number of nitrogens with zero attached hydrogens (tertiary/aromatic N) is 2. The largest absolute Gasteiger partial charge is 0.512 e. The molecule has 1 saturated heterocycles. The van der Waals surface area contributed by atoms with Crippen molar-refractivity contribution >= 4 is 63.5 Å². The van der Waals surface area contributed by atoms with E-state index in [1.165, 1.54) is 0 Å². The molecule has 1 aliphatic heterocycles. The number of aryl methyl sites for hydroxylation is 1. The summed E-state index contributed by atoms with van der Waals surface area (Å²) in [5.41, 5.74) is 2.24. The first kappa shape index (κ1) is 22.5. The van der Waals surface area contributed by atoms with Gasteiger partial charge in [-0.15, -0.1) is 0 Å². The second kappa shape index (κ2) is 9.05. The summed E-state index contributed by atoms with van der Waals surface area (Å²) >= 11 is 18.4. The molecule has 8 nitrogen and oxygen atoms in total. The molecule has 1 fully saturated rings. The van der Waals surface area contributed by atoms with Gasteiger partial charge in [-0.1, -0.05) is 34.8 Å². The van der Waals surface area contributed by atoms with Crippen molar-refractivity contribution in [2.24, 2.45) is 0 Å². The lowest BCUT2D eigenvalue weighted by atomic mass is 10.0. The van der Waals surface area contributed by atoms with Gasteiger partial charge in [0.05, 0.1) is 21.2 Å². The molecule has 32 heavy (non-hydrogen) atoms. The van der Waals surface area contributed by atoms with E-state index in [1.807, 2.05) is 0 Å². The minimum absolute atomic E-state index is 0.00798. The zero-order valence-electron chi connectivity index (χ0n) is 16.9. The van der Waals surface area contributed by atoms with Crippen molar-refractivity contribution in [3.8, 4) is 5.88 Å². The minimum Gasteiger partial charge on any atom is -0.449 e. The third-order valence-electron chi connectivity index (χ3n) is 5.37. The Morgan fingerprint density at radius 1 is 1.19 bits per heavy atom. The molecule has 168 valence electrons. The van der Waals surface area contributed by atoms with Gasteiger partial charge < -0.3 is 25.0 Å². The van der Waals surface area contributed by atoms with E-state index in [1.54, 1.807) is 31.2 Å². The fraction of sp³-hybridized carbons (Fsp3) is 0.286. The molecule has 0 saturated carbocycles. The van der Waals surface area contributed by atoms with Crippen LogP contribution in [-0.2, 0) is 0 Å². The monoisotopic (exact) mass is 496 g/mol. The number of carbonyl (C=O) groups excluding carboxylic acids is 1. The van der Waals surface area contributed by atoms with Crippen LogP contribution in [0, 0.1) is 6.92 Å². The Morgan fingerprint density at radius 3 is 2.53 bits per heavy atom. The standard InChI is InChI=1S/C21H19Cl3N4O4/c1-10-17(23)18(24)19(25-10)20(29)26-12-4-6-28(7-5-12)15-9-16(32-21(30)31)27-14-3-2-11(22)8-13(14)15/h2-3,8-9,12,25H,4-7H2,1H3,(H,26,29)(H,30,31). The highest BCUT2D eigenvalue weighted by Crippen LogP contribution is 2.34. The Labute approximate surface area is 198 Å². The molecule has 0 atom stereocenters. The number of aromatic nitrogens is 2. The second-order valence-electron chi connectivity index (χ2n) is 7.50. The SMILES string of the molecule is Cc1[nH]c(C(=O)NC2CCN(c3cc(OC(=O)O)nc4ccc(Cl)cc34)CC2)c(Cl)c1Cl. The Bertz CT molecular complexity index is 1210. The molecule has 1 aromatic carbocycles. The van der Waals surface area contributed by atoms with Crippen LogP contribution in [0.25, 0.3) is 10.9 Å². The molecule has 0 aliphatic carbocycles. The van der Waals surface area contributed by atoms with Crippen LogP contribution in [0.2, 0.25) is 15.1 Å². The summed E-state index contributed by atoms with van der Waals surface area (Å²) < 4.78 is 4.79. The molecule has 1 amide bonds. The first-order chi connectivity index (χ1) is 15.2. The Morgan fingerprint density at radius 2 is 1.91 bits per heavy atom. The number of anilines is 1. The summed E-state index contributed by atoms with van der Waals surface area (Å²) in [5.74, 6) is -0.312. The molecule has 11 heteroatoms. The van der Waals surface area contributed by atoms with Crippen molar-refractivity contribution in [1.82, 2.24) is 15.3 Å². The summed E-state index contributed by atoms with van der Waals surface area (Å²) in [4.78, 5) is 32.9. The normalized spacial score (nSPS) is 14.6. The molecule has 0 unspecified atom stereocenters. The summed E-state index contributed by atoms with van der Waals surface area (Å²) in [6, 6.07) is 6.73. The Hall–Kier alpha value is -2.68. The Kier molecular flexibility index (Phi) is 6.37. The van der Waals surface area contributed by atoms with Crippen LogP contribution in [-0.4, -0.2) is 46.3 Å². The highest BCUT2D eigenvalue weighted by molar-refractivity contribution is 6.44. The average molecular weight is 498 g/mol. The maximum absolute atomic E-state index is 12.6. The highest BCUT2D eigenvalue weighted by Gasteiger charge is 2.25. The van der Waals surface area contributed by atoms with Gasteiger partial charge in [0, 0.05) is 41.3 Å². The van der Waals surface area contributed by atoms with Crippen molar-refractivity contribution in [2.75, 3.05) is 18.0 Å². The van der Waals surface area contributed by atoms with Crippen LogP contribution in [0.15, 0.2) is 24.3 Å². The van der Waals surface area contributed by atoms with Gasteiger partial charge >= 0.3 is 6.16 Å². The average Bonchev–Trinajstić information content (AvgIpc) is 3.01. The van der Waals surface area contributed by atoms with Crippen molar-refractivity contribution in [2.45, 2.75) is 25.8 Å². The number of halogens is 3. The number of fused-ring (bicyclic) bond motifs is 1. The van der Waals surface area contributed by atoms with Crippen LogP contribution in [0.3, 0.4) is 0 Å². The lowest BCUT2D eigenvalue weighted by molar-refractivity contribution is 0.0926. The fourth-order valence-electron chi connectivity index (χ4n) is 3.81. The number of hydrogen-bond acceptors (Lipinski definition) is 5. The number of pyridine rings is 1. The first-order valence-electron chi connectivity index (χ1n) is 9.83. The summed E-state index contributed by atoms with van der Waals surface area (Å²) in [7, 11) is 0. The number of ether oxygens (including phenoxy) is 1. The number of benzene rings is 1. The number of hydrogen-bond donors (Lipinski definition) is 3. The van der Waals surface area contributed by atoms with Gasteiger partial charge in [-0.25, -0.2) is 9.78 Å². The molecule has 0 bridgehead atoms. The summed E-state index contributed by atoms with van der Waals surface area (Å²) in [6.45, 7) is 3.00. The van der Waals surface area contributed by atoms with Gasteiger partial charge in [0.1, 0.15) is 5.69 Å². The number of aromatic amines is 1. The number of amides is 1. The molecule has 1 aliphatic rings. The molecule has 3 aromatic rings. The van der Waals surface area contributed by atoms with E-state index in [2.05, 4.69) is 20.2 Å². The van der Waals surface area contributed by atoms with E-state index in [9.17, 15) is 9.59 Å². The van der Waals surface area contributed by atoms with Crippen molar-refractivity contribution in [3.63, 3.8) is 0 Å². The summed E-state index contributed by atoms with van der Waals surface area (Å²) in [5, 5.41) is 13.9. The van der Waals surface area contributed by atoms with Crippen LogP contribution in [0.4, 0.5) is 10.5 Å². The van der Waals surface area contributed by atoms with E-state index in [4.69, 9.17) is 44.6 Å². The van der Waals surface area contributed by atoms with Gasteiger partial charge in [0.15, 0.2) is 0 Å². The van der Waals surface area contributed by atoms with E-state index in [0.717, 1.165) is 11.1 Å². The third kappa shape index (κ3) is 4.57. The molecule has 3 heterocycles. The van der Waals surface area contributed by atoms with Crippen molar-refractivity contribution in [3.05, 3.63) is 50.7 Å². The van der Waals surface area contributed by atoms with Gasteiger partial charge in [-0.2, -0.15) is 0 Å². The van der Waals surface area contributed by atoms with E-state index >= 15 is 0 Å². The molecule has 0 radical (unpaired) electrons. The quantitative estimate of drug-likeness (QED) is 0.423. The Balaban J connectivity index is 1.51. The molecule has 2 aromatic heterocycles. The highest BCUT2D eigenvalue weighted by atomic mass is 35.5. The predicted octanol–water partition coefficient (Wildman–Crippen LogP) is 5.29. The fourth-order valence-corrected chi connectivity index (χ4v) is 4.40. The number of carbonyl (C=O) groups is 2. The maximum Gasteiger partial charge on any atom is 0.512 e. The first-order valence-corrected chi connectivity index (χ1v) is 11.0. The molecular weight excluding hydrogens is 479 g/mol. The van der Waals surface area contributed by atoms with E-state index < -0.39 is 6.16 Å². The van der Waals surface area contributed by atoms with Crippen LogP contribution in [0.5, 0.6) is 5.88 Å². The maximum atomic E-state index is 12.6. The number of nitrogens with one attached hydrogen (secondary N) is 2. The molecule has 0 spiro atoms. The number of piperidine rings is 1. The topological polar surface area (TPSA) is 108 Å². The second-order valence-corrected chi connectivity index (χ2v) is 8.69. The van der Waals surface area contributed by atoms with E-state index in [-0.39, 0.29) is 28.5 Å². The smallest absolute Gasteiger partial charge is 0.449 e. The van der Waals surface area contributed by atoms with Gasteiger partial charge in [-0.3, -0.25) is 4.79 Å². The van der Waals surface area contributed by atoms with Crippen molar-refractivity contribution in [1.29, 1.82) is 0 Å². The summed E-state index contributed by atoms with van der Waals surface area (Å²) in [6.07, 6.45) is -0.0801. The lowest BCUT2D eigenvalue weighted by Gasteiger charge is -2.34. The molecule has 4 rings (SSSR count). The van der Waals surface area contributed by atoms with Gasteiger partial charge in [0.25, 0.3) is 5.91 Å². The van der Waals surface area contributed by atoms with Crippen LogP contribution >= 0.6 is 34.8 Å². The van der Waals surface area contributed by atoms with Gasteiger partial charge in [-0.05, 0) is 38.0 Å². The number of rotatable bonds is 4.